The van der Waals surface area contributed by atoms with E-state index >= 15 is 0 Å². The third-order valence-corrected chi connectivity index (χ3v) is 8.49. The van der Waals surface area contributed by atoms with Gasteiger partial charge in [0.25, 0.3) is 0 Å². The Morgan fingerprint density at radius 3 is 0.629 bits per heavy atom. The molecule has 0 amide bonds. The first-order valence-electron chi connectivity index (χ1n) is 17.2. The molecule has 0 bridgehead atoms. The number of rotatable bonds is 30. The van der Waals surface area contributed by atoms with E-state index in [1.165, 1.54) is 186 Å². The van der Waals surface area contributed by atoms with Gasteiger partial charge in [-0.05, 0) is 11.8 Å². The van der Waals surface area contributed by atoms with Gasteiger partial charge in [-0.25, -0.2) is 0 Å². The van der Waals surface area contributed by atoms with Gasteiger partial charge in [0.2, 0.25) is 0 Å². The third kappa shape index (κ3) is 30.1. The lowest BCUT2D eigenvalue weighted by atomic mass is 9.94. The zero-order valence-electron chi connectivity index (χ0n) is 25.7. The molecule has 2 atom stereocenters. The summed E-state index contributed by atoms with van der Waals surface area (Å²) in [6.45, 7) is 9.62. The van der Waals surface area contributed by atoms with Crippen molar-refractivity contribution in [2.45, 2.75) is 214 Å². The molecule has 0 N–H and O–H groups in total. The minimum atomic E-state index is 0.963. The van der Waals surface area contributed by atoms with Crippen molar-refractivity contribution in [3.8, 4) is 0 Å². The molecule has 0 rings (SSSR count). The lowest BCUT2D eigenvalue weighted by Gasteiger charge is -2.12. The predicted octanol–water partition coefficient (Wildman–Crippen LogP) is 13.6. The lowest BCUT2D eigenvalue weighted by molar-refractivity contribution is 0.416. The summed E-state index contributed by atoms with van der Waals surface area (Å²) >= 11 is 0. The van der Waals surface area contributed by atoms with Crippen LogP contribution in [-0.4, -0.2) is 0 Å². The summed E-state index contributed by atoms with van der Waals surface area (Å²) in [5.41, 5.74) is 0. The normalized spacial score (nSPS) is 13.4. The molecule has 0 radical (unpaired) electrons. The SMILES string of the molecule is CCCCCCCCCCCCCCC(C)CCCCCCCC(C)CCCCCCCCCC. The molecule has 0 nitrogen and oxygen atoms in total. The highest BCUT2D eigenvalue weighted by Gasteiger charge is 2.04. The van der Waals surface area contributed by atoms with Gasteiger partial charge in [-0.2, -0.15) is 0 Å². The Kier molecular flexibility index (Phi) is 30.2. The van der Waals surface area contributed by atoms with E-state index in [0.717, 1.165) is 11.8 Å². The van der Waals surface area contributed by atoms with Crippen LogP contribution in [-0.2, 0) is 0 Å². The average molecular weight is 493 g/mol. The molecule has 0 heterocycles. The summed E-state index contributed by atoms with van der Waals surface area (Å²) in [6.07, 6.45) is 42.6. The fourth-order valence-electron chi connectivity index (χ4n) is 5.77. The van der Waals surface area contributed by atoms with Gasteiger partial charge in [-0.3, -0.25) is 0 Å². The van der Waals surface area contributed by atoms with Crippen LogP contribution in [0.3, 0.4) is 0 Å². The number of unbranched alkanes of at least 4 members (excludes halogenated alkanes) is 22. The van der Waals surface area contributed by atoms with Crippen LogP contribution in [0.4, 0.5) is 0 Å². The molecule has 0 aliphatic heterocycles. The summed E-state index contributed by atoms with van der Waals surface area (Å²) in [6, 6.07) is 0. The molecule has 0 aromatic carbocycles. The number of hydrogen-bond donors (Lipinski definition) is 0. The summed E-state index contributed by atoms with van der Waals surface area (Å²) < 4.78 is 0. The van der Waals surface area contributed by atoms with Crippen molar-refractivity contribution in [1.82, 2.24) is 0 Å². The van der Waals surface area contributed by atoms with Gasteiger partial charge in [0, 0.05) is 0 Å². The predicted molar refractivity (Wildman–Crippen MR) is 164 cm³/mol. The molecule has 2 unspecified atom stereocenters. The molecule has 0 spiro atoms. The van der Waals surface area contributed by atoms with Gasteiger partial charge < -0.3 is 0 Å². The van der Waals surface area contributed by atoms with Crippen LogP contribution in [0, 0.1) is 11.8 Å². The smallest absolute Gasteiger partial charge is 0.0443 e. The second kappa shape index (κ2) is 30.2. The summed E-state index contributed by atoms with van der Waals surface area (Å²) in [5, 5.41) is 0. The van der Waals surface area contributed by atoms with Crippen LogP contribution in [0.25, 0.3) is 0 Å². The molecule has 212 valence electrons. The molecule has 0 aromatic heterocycles. The van der Waals surface area contributed by atoms with Crippen LogP contribution in [0.1, 0.15) is 214 Å². The Bertz CT molecular complexity index is 359. The van der Waals surface area contributed by atoms with Crippen LogP contribution >= 0.6 is 0 Å². The Morgan fingerprint density at radius 2 is 0.429 bits per heavy atom. The molecule has 0 saturated heterocycles. The molecule has 0 heteroatoms. The van der Waals surface area contributed by atoms with E-state index in [-0.39, 0.29) is 0 Å². The Hall–Kier alpha value is 0. The van der Waals surface area contributed by atoms with E-state index in [1.54, 1.807) is 0 Å². The van der Waals surface area contributed by atoms with Gasteiger partial charge >= 0.3 is 0 Å². The van der Waals surface area contributed by atoms with E-state index in [4.69, 9.17) is 0 Å². The van der Waals surface area contributed by atoms with E-state index in [1.807, 2.05) is 0 Å². The van der Waals surface area contributed by atoms with Crippen molar-refractivity contribution >= 4 is 0 Å². The standard InChI is InChI=1S/C35H72/c1-5-7-9-11-13-15-16-17-18-20-23-27-31-35(4)33-29-25-21-24-28-32-34(3)30-26-22-19-14-12-10-8-6-2/h34-35H,5-33H2,1-4H3. The van der Waals surface area contributed by atoms with Crippen LogP contribution < -0.4 is 0 Å². The third-order valence-electron chi connectivity index (χ3n) is 8.49. The maximum atomic E-state index is 2.51. The first-order chi connectivity index (χ1) is 17.2. The maximum absolute atomic E-state index is 2.51. The first kappa shape index (κ1) is 35.0. The van der Waals surface area contributed by atoms with Crippen LogP contribution in [0.5, 0.6) is 0 Å². The molecule has 0 saturated carbocycles. The highest BCUT2D eigenvalue weighted by Crippen LogP contribution is 2.21. The van der Waals surface area contributed by atoms with Gasteiger partial charge in [0.15, 0.2) is 0 Å². The molecular formula is C35H72. The minimum Gasteiger partial charge on any atom is -0.0654 e. The zero-order valence-corrected chi connectivity index (χ0v) is 25.7. The molecular weight excluding hydrogens is 420 g/mol. The second-order valence-corrected chi connectivity index (χ2v) is 12.5. The van der Waals surface area contributed by atoms with Crippen LogP contribution in [0.15, 0.2) is 0 Å². The van der Waals surface area contributed by atoms with Gasteiger partial charge in [-0.15, -0.1) is 0 Å². The Balaban J connectivity index is 3.24. The van der Waals surface area contributed by atoms with Crippen molar-refractivity contribution in [3.63, 3.8) is 0 Å². The topological polar surface area (TPSA) is 0 Å². The molecule has 35 heavy (non-hydrogen) atoms. The fraction of sp³-hybridized carbons (Fsp3) is 1.00. The van der Waals surface area contributed by atoms with Crippen molar-refractivity contribution in [1.29, 1.82) is 0 Å². The summed E-state index contributed by atoms with van der Waals surface area (Å²) in [7, 11) is 0. The lowest BCUT2D eigenvalue weighted by Crippen LogP contribution is -1.96. The fourth-order valence-corrected chi connectivity index (χ4v) is 5.77. The van der Waals surface area contributed by atoms with E-state index in [9.17, 15) is 0 Å². The Morgan fingerprint density at radius 1 is 0.257 bits per heavy atom. The quantitative estimate of drug-likeness (QED) is 0.0874. The monoisotopic (exact) mass is 493 g/mol. The zero-order chi connectivity index (χ0) is 25.7. The van der Waals surface area contributed by atoms with Gasteiger partial charge in [-0.1, -0.05) is 214 Å². The van der Waals surface area contributed by atoms with Crippen molar-refractivity contribution < 1.29 is 0 Å². The van der Waals surface area contributed by atoms with E-state index in [2.05, 4.69) is 27.7 Å². The molecule has 0 aliphatic carbocycles. The van der Waals surface area contributed by atoms with Gasteiger partial charge in [0.05, 0.1) is 0 Å². The molecule has 0 aromatic rings. The minimum absolute atomic E-state index is 0.963. The van der Waals surface area contributed by atoms with Gasteiger partial charge in [0.1, 0.15) is 0 Å². The summed E-state index contributed by atoms with van der Waals surface area (Å²) in [5.74, 6) is 1.93. The Labute approximate surface area is 225 Å². The van der Waals surface area contributed by atoms with E-state index in [0.29, 0.717) is 0 Å². The maximum Gasteiger partial charge on any atom is -0.0443 e. The molecule has 0 fully saturated rings. The largest absolute Gasteiger partial charge is 0.0654 e. The van der Waals surface area contributed by atoms with Crippen molar-refractivity contribution in [2.75, 3.05) is 0 Å². The van der Waals surface area contributed by atoms with E-state index < -0.39 is 0 Å². The highest BCUT2D eigenvalue weighted by atomic mass is 14.1. The van der Waals surface area contributed by atoms with Crippen LogP contribution in [0.2, 0.25) is 0 Å². The molecule has 0 aliphatic rings. The number of hydrogen-bond acceptors (Lipinski definition) is 0. The average Bonchev–Trinajstić information content (AvgIpc) is 2.85. The first-order valence-corrected chi connectivity index (χ1v) is 17.2. The van der Waals surface area contributed by atoms with Crippen molar-refractivity contribution in [2.24, 2.45) is 11.8 Å². The summed E-state index contributed by atoms with van der Waals surface area (Å²) in [4.78, 5) is 0. The second-order valence-electron chi connectivity index (χ2n) is 12.5. The van der Waals surface area contributed by atoms with Crippen molar-refractivity contribution in [3.05, 3.63) is 0 Å². The highest BCUT2D eigenvalue weighted by molar-refractivity contribution is 4.58.